The predicted molar refractivity (Wildman–Crippen MR) is 103 cm³/mol. The van der Waals surface area contributed by atoms with Crippen LogP contribution >= 0.6 is 0 Å². The van der Waals surface area contributed by atoms with Gasteiger partial charge < -0.3 is 5.32 Å². The van der Waals surface area contributed by atoms with Crippen molar-refractivity contribution in [3.8, 4) is 0 Å². The molecule has 0 unspecified atom stereocenters. The van der Waals surface area contributed by atoms with E-state index in [1.165, 1.54) is 16.4 Å². The first-order valence-corrected chi connectivity index (χ1v) is 9.82. The fourth-order valence-corrected chi connectivity index (χ4v) is 4.20. The van der Waals surface area contributed by atoms with E-state index in [-0.39, 0.29) is 10.8 Å². The molecule has 0 saturated heterocycles. The summed E-state index contributed by atoms with van der Waals surface area (Å²) in [6, 6.07) is 8.49. The Morgan fingerprint density at radius 3 is 2.58 bits per heavy atom. The molecule has 0 spiro atoms. The van der Waals surface area contributed by atoms with Crippen LogP contribution in [0.15, 0.2) is 53.7 Å². The van der Waals surface area contributed by atoms with Crippen molar-refractivity contribution in [3.05, 3.63) is 59.9 Å². The summed E-state index contributed by atoms with van der Waals surface area (Å²) < 4.78 is 26.9. The molecule has 7 heteroatoms. The third-order valence-electron chi connectivity index (χ3n) is 3.89. The Labute approximate surface area is 154 Å². The molecule has 0 atom stereocenters. The van der Waals surface area contributed by atoms with Crippen molar-refractivity contribution in [1.29, 1.82) is 0 Å². The SMILES string of the molecule is CCN(CC)S(=O)(=O)c1cc(NC(=O)/C=C/c2cccnc2)ccc1C. The maximum absolute atomic E-state index is 12.8. The normalized spacial score (nSPS) is 11.8. The summed E-state index contributed by atoms with van der Waals surface area (Å²) in [4.78, 5) is 16.3. The van der Waals surface area contributed by atoms with E-state index in [1.807, 2.05) is 6.07 Å². The predicted octanol–water partition coefficient (Wildman–Crippen LogP) is 3.07. The maximum Gasteiger partial charge on any atom is 0.248 e. The highest BCUT2D eigenvalue weighted by atomic mass is 32.2. The van der Waals surface area contributed by atoms with Crippen molar-refractivity contribution in [2.24, 2.45) is 0 Å². The molecule has 1 aromatic heterocycles. The zero-order valence-electron chi connectivity index (χ0n) is 15.1. The summed E-state index contributed by atoms with van der Waals surface area (Å²) in [7, 11) is -3.59. The van der Waals surface area contributed by atoms with Gasteiger partial charge in [-0.3, -0.25) is 9.78 Å². The molecule has 2 rings (SSSR count). The minimum Gasteiger partial charge on any atom is -0.322 e. The number of sulfonamides is 1. The van der Waals surface area contributed by atoms with Gasteiger partial charge in [0.05, 0.1) is 4.90 Å². The molecule has 1 amide bonds. The van der Waals surface area contributed by atoms with E-state index in [0.717, 1.165) is 5.56 Å². The van der Waals surface area contributed by atoms with Gasteiger partial charge in [0.25, 0.3) is 0 Å². The summed E-state index contributed by atoms with van der Waals surface area (Å²) in [6.45, 7) is 6.12. The third kappa shape index (κ3) is 4.77. The van der Waals surface area contributed by atoms with Crippen LogP contribution in [0.3, 0.4) is 0 Å². The molecule has 1 heterocycles. The number of nitrogens with one attached hydrogen (secondary N) is 1. The highest BCUT2D eigenvalue weighted by Gasteiger charge is 2.23. The Morgan fingerprint density at radius 1 is 1.23 bits per heavy atom. The Balaban J connectivity index is 2.21. The van der Waals surface area contributed by atoms with Crippen molar-refractivity contribution >= 4 is 27.7 Å². The van der Waals surface area contributed by atoms with Gasteiger partial charge in [0.15, 0.2) is 0 Å². The van der Waals surface area contributed by atoms with Gasteiger partial charge in [0, 0.05) is 37.2 Å². The fraction of sp³-hybridized carbons (Fsp3) is 0.263. The number of amides is 1. The second-order valence-electron chi connectivity index (χ2n) is 5.68. The third-order valence-corrected chi connectivity index (χ3v) is 6.08. The second-order valence-corrected chi connectivity index (χ2v) is 7.58. The number of hydrogen-bond acceptors (Lipinski definition) is 4. The van der Waals surface area contributed by atoms with Gasteiger partial charge in [-0.15, -0.1) is 0 Å². The number of hydrogen-bond donors (Lipinski definition) is 1. The van der Waals surface area contributed by atoms with Gasteiger partial charge >= 0.3 is 0 Å². The number of nitrogens with zero attached hydrogens (tertiary/aromatic N) is 2. The molecule has 0 fully saturated rings. The average Bonchev–Trinajstić information content (AvgIpc) is 2.63. The first-order chi connectivity index (χ1) is 12.4. The van der Waals surface area contributed by atoms with E-state index in [9.17, 15) is 13.2 Å². The van der Waals surface area contributed by atoms with Crippen LogP contribution in [0, 0.1) is 6.92 Å². The molecule has 2 aromatic rings. The van der Waals surface area contributed by atoms with E-state index < -0.39 is 10.0 Å². The van der Waals surface area contributed by atoms with Gasteiger partial charge in [0.2, 0.25) is 15.9 Å². The summed E-state index contributed by atoms with van der Waals surface area (Å²) in [6.07, 6.45) is 6.32. The van der Waals surface area contributed by atoms with Crippen LogP contribution in [0.2, 0.25) is 0 Å². The van der Waals surface area contributed by atoms with Crippen molar-refractivity contribution in [1.82, 2.24) is 9.29 Å². The summed E-state index contributed by atoms with van der Waals surface area (Å²) >= 11 is 0. The molecule has 1 N–H and O–H groups in total. The van der Waals surface area contributed by atoms with E-state index in [4.69, 9.17) is 0 Å². The number of rotatable bonds is 7. The molecule has 0 aliphatic heterocycles. The zero-order chi connectivity index (χ0) is 19.2. The first kappa shape index (κ1) is 19.8. The van der Waals surface area contributed by atoms with Gasteiger partial charge in [-0.05, 0) is 42.3 Å². The monoisotopic (exact) mass is 373 g/mol. The molecule has 0 aliphatic rings. The van der Waals surface area contributed by atoms with E-state index >= 15 is 0 Å². The summed E-state index contributed by atoms with van der Waals surface area (Å²) in [5.41, 5.74) is 1.87. The second kappa shape index (κ2) is 8.73. The molecule has 6 nitrogen and oxygen atoms in total. The highest BCUT2D eigenvalue weighted by molar-refractivity contribution is 7.89. The number of carbonyl (C=O) groups excluding carboxylic acids is 1. The van der Waals surface area contributed by atoms with Crippen molar-refractivity contribution in [3.63, 3.8) is 0 Å². The largest absolute Gasteiger partial charge is 0.322 e. The topological polar surface area (TPSA) is 79.4 Å². The van der Waals surface area contributed by atoms with Crippen LogP contribution in [0.25, 0.3) is 6.08 Å². The van der Waals surface area contributed by atoms with Crippen LogP contribution in [0.5, 0.6) is 0 Å². The molecule has 1 aromatic carbocycles. The average molecular weight is 373 g/mol. The number of pyridine rings is 1. The Kier molecular flexibility index (Phi) is 6.65. The van der Waals surface area contributed by atoms with Crippen LogP contribution in [-0.2, 0) is 14.8 Å². The maximum atomic E-state index is 12.8. The van der Waals surface area contributed by atoms with Crippen molar-refractivity contribution in [2.45, 2.75) is 25.7 Å². The minimum atomic E-state index is -3.59. The summed E-state index contributed by atoms with van der Waals surface area (Å²) in [5.74, 6) is -0.344. The molecule has 26 heavy (non-hydrogen) atoms. The standard InChI is InChI=1S/C19H23N3O3S/c1-4-22(5-2)26(24,25)18-13-17(10-8-15(18)3)21-19(23)11-9-16-7-6-12-20-14-16/h6-14H,4-5H2,1-3H3,(H,21,23)/b11-9+. The quantitative estimate of drug-likeness (QED) is 0.757. The van der Waals surface area contributed by atoms with E-state index in [1.54, 1.807) is 57.4 Å². The van der Waals surface area contributed by atoms with E-state index in [0.29, 0.717) is 24.3 Å². The lowest BCUT2D eigenvalue weighted by Crippen LogP contribution is -2.31. The number of benzene rings is 1. The molecule has 0 radical (unpaired) electrons. The number of aryl methyl sites for hydroxylation is 1. The molecular weight excluding hydrogens is 350 g/mol. The fourth-order valence-electron chi connectivity index (χ4n) is 2.49. The number of anilines is 1. The van der Waals surface area contributed by atoms with Crippen LogP contribution in [0.4, 0.5) is 5.69 Å². The molecular formula is C19H23N3O3S. The lowest BCUT2D eigenvalue weighted by Gasteiger charge is -2.20. The highest BCUT2D eigenvalue weighted by Crippen LogP contribution is 2.23. The van der Waals surface area contributed by atoms with Crippen molar-refractivity contribution < 1.29 is 13.2 Å². The minimum absolute atomic E-state index is 0.204. The van der Waals surface area contributed by atoms with Crippen molar-refractivity contribution in [2.75, 3.05) is 18.4 Å². The van der Waals surface area contributed by atoms with Gasteiger partial charge in [0.1, 0.15) is 0 Å². The van der Waals surface area contributed by atoms with Gasteiger partial charge in [-0.2, -0.15) is 4.31 Å². The molecule has 0 aliphatic carbocycles. The van der Waals surface area contributed by atoms with Crippen LogP contribution in [0.1, 0.15) is 25.0 Å². The van der Waals surface area contributed by atoms with Crippen LogP contribution < -0.4 is 5.32 Å². The number of aromatic nitrogens is 1. The zero-order valence-corrected chi connectivity index (χ0v) is 16.0. The summed E-state index contributed by atoms with van der Waals surface area (Å²) in [5, 5.41) is 2.70. The Morgan fingerprint density at radius 2 is 1.96 bits per heavy atom. The molecule has 138 valence electrons. The molecule has 0 bridgehead atoms. The first-order valence-electron chi connectivity index (χ1n) is 8.38. The van der Waals surface area contributed by atoms with E-state index in [2.05, 4.69) is 10.3 Å². The molecule has 0 saturated carbocycles. The van der Waals surface area contributed by atoms with Crippen LogP contribution in [-0.4, -0.2) is 36.7 Å². The lowest BCUT2D eigenvalue weighted by atomic mass is 10.2. The van der Waals surface area contributed by atoms with Gasteiger partial charge in [-0.25, -0.2) is 8.42 Å². The lowest BCUT2D eigenvalue weighted by molar-refractivity contribution is -0.111. The Hall–Kier alpha value is -2.51. The Bertz CT molecular complexity index is 890. The number of carbonyl (C=O) groups is 1. The smallest absolute Gasteiger partial charge is 0.248 e. The van der Waals surface area contributed by atoms with Gasteiger partial charge in [-0.1, -0.05) is 26.0 Å².